The highest BCUT2D eigenvalue weighted by molar-refractivity contribution is 5.94. The number of anilines is 1. The Labute approximate surface area is 217 Å². The van der Waals surface area contributed by atoms with Crippen molar-refractivity contribution in [3.63, 3.8) is 0 Å². The van der Waals surface area contributed by atoms with Gasteiger partial charge in [0, 0.05) is 24.4 Å². The number of benzene rings is 3. The summed E-state index contributed by atoms with van der Waals surface area (Å²) in [5, 5.41) is 2.90. The molecule has 0 aliphatic carbocycles. The first kappa shape index (κ1) is 25.4. The molecule has 0 aliphatic heterocycles. The molecule has 7 heteroatoms. The van der Waals surface area contributed by atoms with Gasteiger partial charge in [-0.25, -0.2) is 4.98 Å². The molecule has 37 heavy (non-hydrogen) atoms. The van der Waals surface area contributed by atoms with Gasteiger partial charge in [-0.05, 0) is 24.6 Å². The Morgan fingerprint density at radius 1 is 1.03 bits per heavy atom. The summed E-state index contributed by atoms with van der Waals surface area (Å²) in [6, 6.07) is 26.8. The van der Waals surface area contributed by atoms with Gasteiger partial charge in [0.1, 0.15) is 12.3 Å². The Balaban J connectivity index is 1.58. The molecule has 2 amide bonds. The van der Waals surface area contributed by atoms with Crippen LogP contribution in [0.5, 0.6) is 5.75 Å². The fraction of sp³-hybridized carbons (Fsp3) is 0.167. The molecular formula is C30H30N4O3. The first-order chi connectivity index (χ1) is 18.1. The van der Waals surface area contributed by atoms with Gasteiger partial charge in [0.25, 0.3) is 0 Å². The first-order valence-corrected chi connectivity index (χ1v) is 12.2. The maximum Gasteiger partial charge on any atom is 0.246 e. The second-order valence-electron chi connectivity index (χ2n) is 8.39. The van der Waals surface area contributed by atoms with Gasteiger partial charge < -0.3 is 9.64 Å². The minimum Gasteiger partial charge on any atom is -0.494 e. The zero-order valence-electron chi connectivity index (χ0n) is 20.8. The average molecular weight is 495 g/mol. The van der Waals surface area contributed by atoms with E-state index in [2.05, 4.69) is 11.9 Å². The molecule has 1 aromatic heterocycles. The second-order valence-corrected chi connectivity index (χ2v) is 8.39. The normalized spacial score (nSPS) is 10.5. The lowest BCUT2D eigenvalue weighted by atomic mass is 10.1. The Bertz CT molecular complexity index is 1350. The van der Waals surface area contributed by atoms with Gasteiger partial charge in [0.05, 0.1) is 24.4 Å². The number of hydrogen-bond donors (Lipinski definition) is 1. The van der Waals surface area contributed by atoms with Crippen molar-refractivity contribution in [3.8, 4) is 22.7 Å². The molecule has 0 saturated carbocycles. The summed E-state index contributed by atoms with van der Waals surface area (Å²) in [6.45, 7) is 6.36. The Hall–Kier alpha value is -4.65. The van der Waals surface area contributed by atoms with Gasteiger partial charge >= 0.3 is 0 Å². The van der Waals surface area contributed by atoms with Crippen LogP contribution < -0.4 is 10.1 Å². The van der Waals surface area contributed by atoms with Crippen LogP contribution >= 0.6 is 0 Å². The molecule has 188 valence electrons. The highest BCUT2D eigenvalue weighted by Gasteiger charge is 2.19. The highest BCUT2D eigenvalue weighted by Crippen LogP contribution is 2.26. The molecule has 0 spiro atoms. The minimum absolute atomic E-state index is 0.121. The average Bonchev–Trinajstić information content (AvgIpc) is 3.33. The number of carbonyl (C=O) groups excluding carboxylic acids is 2. The quantitative estimate of drug-likeness (QED) is 0.293. The second kappa shape index (κ2) is 12.4. The topological polar surface area (TPSA) is 76.5 Å². The number of imidazole rings is 1. The number of carbonyl (C=O) groups is 2. The minimum atomic E-state index is -0.351. The summed E-state index contributed by atoms with van der Waals surface area (Å²) >= 11 is 0. The van der Waals surface area contributed by atoms with Crippen molar-refractivity contribution < 1.29 is 14.3 Å². The van der Waals surface area contributed by atoms with Gasteiger partial charge in [-0.1, -0.05) is 72.8 Å². The maximum absolute atomic E-state index is 13.1. The summed E-state index contributed by atoms with van der Waals surface area (Å²) in [5.74, 6) is 0.567. The maximum atomic E-state index is 13.1. The summed E-state index contributed by atoms with van der Waals surface area (Å²) < 4.78 is 7.47. The molecule has 1 heterocycles. The number of aromatic nitrogens is 2. The number of rotatable bonds is 11. The van der Waals surface area contributed by atoms with E-state index in [1.807, 2.05) is 103 Å². The molecule has 0 fully saturated rings. The number of nitrogens with one attached hydrogen (secondary N) is 1. The zero-order valence-corrected chi connectivity index (χ0v) is 20.8. The molecule has 0 radical (unpaired) electrons. The van der Waals surface area contributed by atoms with Crippen molar-refractivity contribution in [2.45, 2.75) is 13.3 Å². The molecule has 3 aromatic carbocycles. The summed E-state index contributed by atoms with van der Waals surface area (Å²) in [7, 11) is 0. The van der Waals surface area contributed by atoms with Crippen LogP contribution in [-0.4, -0.2) is 46.0 Å². The van der Waals surface area contributed by atoms with Gasteiger partial charge in [0.2, 0.25) is 17.8 Å². The smallest absolute Gasteiger partial charge is 0.246 e. The van der Waals surface area contributed by atoms with Crippen molar-refractivity contribution in [3.05, 3.63) is 109 Å². The van der Waals surface area contributed by atoms with Crippen LogP contribution in [0.1, 0.15) is 12.5 Å². The lowest BCUT2D eigenvalue weighted by molar-refractivity contribution is -0.133. The predicted molar refractivity (Wildman–Crippen MR) is 146 cm³/mol. The monoisotopic (exact) mass is 494 g/mol. The van der Waals surface area contributed by atoms with E-state index in [0.717, 1.165) is 22.6 Å². The lowest BCUT2D eigenvalue weighted by Gasteiger charge is -2.21. The van der Waals surface area contributed by atoms with Crippen LogP contribution in [0.25, 0.3) is 16.9 Å². The standard InChI is InChI=1S/C30H30N4O3/c1-3-18-33(29(36)19-23-12-7-5-8-13-23)22-28(35)32-30-31-27(24-14-9-6-10-15-24)21-34(30)25-16-11-17-26(20-25)37-4-2/h3,5-17,20-21H,1,4,18-19,22H2,2H3,(H,31,32,35). The summed E-state index contributed by atoms with van der Waals surface area (Å²) in [4.78, 5) is 32.3. The van der Waals surface area contributed by atoms with Crippen molar-refractivity contribution in [1.82, 2.24) is 14.5 Å². The van der Waals surface area contributed by atoms with Crippen LogP contribution in [0.15, 0.2) is 104 Å². The Morgan fingerprint density at radius 3 is 2.46 bits per heavy atom. The zero-order chi connectivity index (χ0) is 26.0. The van der Waals surface area contributed by atoms with Gasteiger partial charge in [-0.15, -0.1) is 6.58 Å². The molecule has 0 unspecified atom stereocenters. The van der Waals surface area contributed by atoms with Crippen LogP contribution in [0.4, 0.5) is 5.95 Å². The van der Waals surface area contributed by atoms with E-state index >= 15 is 0 Å². The number of amides is 2. The molecule has 4 rings (SSSR count). The van der Waals surface area contributed by atoms with Gasteiger partial charge in [-0.3, -0.25) is 19.5 Å². The molecule has 4 aromatic rings. The summed E-state index contributed by atoms with van der Waals surface area (Å²) in [6.07, 6.45) is 3.70. The third-order valence-electron chi connectivity index (χ3n) is 5.67. The van der Waals surface area contributed by atoms with Crippen LogP contribution in [0.2, 0.25) is 0 Å². The van der Waals surface area contributed by atoms with E-state index < -0.39 is 0 Å². The number of ether oxygens (including phenoxy) is 1. The van der Waals surface area contributed by atoms with E-state index in [0.29, 0.717) is 18.2 Å². The Kier molecular flexibility index (Phi) is 8.49. The van der Waals surface area contributed by atoms with Crippen LogP contribution in [0.3, 0.4) is 0 Å². The van der Waals surface area contributed by atoms with Crippen molar-refractivity contribution >= 4 is 17.8 Å². The van der Waals surface area contributed by atoms with E-state index in [1.165, 1.54) is 4.90 Å². The SMILES string of the molecule is C=CCN(CC(=O)Nc1nc(-c2ccccc2)cn1-c1cccc(OCC)c1)C(=O)Cc1ccccc1. The van der Waals surface area contributed by atoms with Gasteiger partial charge in [0.15, 0.2) is 0 Å². The molecule has 1 N–H and O–H groups in total. The highest BCUT2D eigenvalue weighted by atomic mass is 16.5. The largest absolute Gasteiger partial charge is 0.494 e. The fourth-order valence-electron chi connectivity index (χ4n) is 3.93. The van der Waals surface area contributed by atoms with E-state index in [9.17, 15) is 9.59 Å². The van der Waals surface area contributed by atoms with E-state index in [-0.39, 0.29) is 31.3 Å². The molecule has 0 bridgehead atoms. The molecule has 7 nitrogen and oxygen atoms in total. The van der Waals surface area contributed by atoms with E-state index in [1.54, 1.807) is 6.08 Å². The van der Waals surface area contributed by atoms with E-state index in [4.69, 9.17) is 9.72 Å². The van der Waals surface area contributed by atoms with Crippen molar-refractivity contribution in [2.24, 2.45) is 0 Å². The molecule has 0 saturated heterocycles. The van der Waals surface area contributed by atoms with Crippen molar-refractivity contribution in [1.29, 1.82) is 0 Å². The Morgan fingerprint density at radius 2 is 1.76 bits per heavy atom. The lowest BCUT2D eigenvalue weighted by Crippen LogP contribution is -2.39. The first-order valence-electron chi connectivity index (χ1n) is 12.2. The molecule has 0 aliphatic rings. The molecular weight excluding hydrogens is 464 g/mol. The van der Waals surface area contributed by atoms with Gasteiger partial charge in [-0.2, -0.15) is 0 Å². The third kappa shape index (κ3) is 6.73. The number of nitrogens with zero attached hydrogens (tertiary/aromatic N) is 3. The van der Waals surface area contributed by atoms with Crippen LogP contribution in [-0.2, 0) is 16.0 Å². The number of hydrogen-bond acceptors (Lipinski definition) is 4. The fourth-order valence-corrected chi connectivity index (χ4v) is 3.93. The molecule has 0 atom stereocenters. The summed E-state index contributed by atoms with van der Waals surface area (Å²) in [5.41, 5.74) is 3.31. The predicted octanol–water partition coefficient (Wildman–Crippen LogP) is 5.13. The third-order valence-corrected chi connectivity index (χ3v) is 5.67. The van der Waals surface area contributed by atoms with Crippen molar-refractivity contribution in [2.75, 3.05) is 25.0 Å². The van der Waals surface area contributed by atoms with Crippen LogP contribution in [0, 0.1) is 0 Å².